The number of hydrogen-bond acceptors (Lipinski definition) is 6. The Morgan fingerprint density at radius 1 is 1.42 bits per heavy atom. The van der Waals surface area contributed by atoms with Gasteiger partial charge in [0.2, 0.25) is 12.3 Å². The summed E-state index contributed by atoms with van der Waals surface area (Å²) in [5.74, 6) is 0.364. The molecule has 7 nitrogen and oxygen atoms in total. The van der Waals surface area contributed by atoms with Gasteiger partial charge in [-0.25, -0.2) is 15.0 Å². The molecule has 0 spiro atoms. The number of aliphatic hydroxyl groups excluding tert-OH is 1. The maximum atomic E-state index is 11.5. The van der Waals surface area contributed by atoms with Crippen molar-refractivity contribution in [1.82, 2.24) is 15.3 Å². The van der Waals surface area contributed by atoms with E-state index in [0.29, 0.717) is 18.1 Å². The summed E-state index contributed by atoms with van der Waals surface area (Å²) in [6, 6.07) is 1.76. The van der Waals surface area contributed by atoms with Crippen LogP contribution in [0.1, 0.15) is 18.5 Å². The number of amides is 1. The average Bonchev–Trinajstić information content (AvgIpc) is 3.01. The smallest absolute Gasteiger partial charge is 0.269 e. The van der Waals surface area contributed by atoms with Crippen molar-refractivity contribution in [2.24, 2.45) is 4.99 Å². The zero-order valence-electron chi connectivity index (χ0n) is 10.4. The molecule has 0 aliphatic carbocycles. The van der Waals surface area contributed by atoms with E-state index < -0.39 is 6.35 Å². The van der Waals surface area contributed by atoms with Gasteiger partial charge in [0.15, 0.2) is 0 Å². The van der Waals surface area contributed by atoms with E-state index in [-0.39, 0.29) is 5.91 Å². The van der Waals surface area contributed by atoms with Crippen LogP contribution >= 0.6 is 0 Å². The van der Waals surface area contributed by atoms with Gasteiger partial charge < -0.3 is 15.3 Å². The molecule has 19 heavy (non-hydrogen) atoms. The van der Waals surface area contributed by atoms with Crippen molar-refractivity contribution in [3.05, 3.63) is 18.0 Å². The first-order chi connectivity index (χ1) is 9.22. The molecule has 1 aromatic heterocycles. The van der Waals surface area contributed by atoms with Gasteiger partial charge in [-0.05, 0) is 18.9 Å². The molecule has 1 atom stereocenters. The third kappa shape index (κ3) is 2.55. The predicted octanol–water partition coefficient (Wildman–Crippen LogP) is -0.534. The number of aliphatic imine (C=N–C) groups is 1. The van der Waals surface area contributed by atoms with Gasteiger partial charge in [0.05, 0.1) is 5.69 Å². The molecule has 100 valence electrons. The van der Waals surface area contributed by atoms with Crippen molar-refractivity contribution in [2.45, 2.75) is 25.6 Å². The number of carbonyl (C=O) groups excluding carboxylic acids is 1. The van der Waals surface area contributed by atoms with E-state index in [4.69, 9.17) is 0 Å². The Labute approximate surface area is 110 Å². The Morgan fingerprint density at radius 2 is 2.21 bits per heavy atom. The molecule has 1 amide bonds. The highest BCUT2D eigenvalue weighted by Crippen LogP contribution is 2.15. The fraction of sp³-hybridized carbons (Fsp3) is 0.500. The van der Waals surface area contributed by atoms with Gasteiger partial charge in [0.1, 0.15) is 5.71 Å². The van der Waals surface area contributed by atoms with E-state index in [1.165, 1.54) is 0 Å². The molecule has 2 aliphatic heterocycles. The lowest BCUT2D eigenvalue weighted by Gasteiger charge is -2.15. The quantitative estimate of drug-likeness (QED) is 0.763. The zero-order valence-corrected chi connectivity index (χ0v) is 10.4. The van der Waals surface area contributed by atoms with Crippen molar-refractivity contribution in [3.8, 4) is 0 Å². The average molecular weight is 261 g/mol. The van der Waals surface area contributed by atoms with Crippen LogP contribution in [0.25, 0.3) is 0 Å². The monoisotopic (exact) mass is 261 g/mol. The SMILES string of the molecule is O=C1NC(O)N=C1Cc1ccnc(N2CCCC2)n1. The van der Waals surface area contributed by atoms with Gasteiger partial charge in [-0.2, -0.15) is 0 Å². The molecule has 0 aromatic carbocycles. The normalized spacial score (nSPS) is 22.6. The van der Waals surface area contributed by atoms with E-state index in [1.54, 1.807) is 12.3 Å². The Balaban J connectivity index is 1.76. The van der Waals surface area contributed by atoms with Gasteiger partial charge in [-0.3, -0.25) is 4.79 Å². The second-order valence-corrected chi connectivity index (χ2v) is 4.64. The van der Waals surface area contributed by atoms with Crippen LogP contribution in [0.15, 0.2) is 17.3 Å². The molecule has 0 bridgehead atoms. The van der Waals surface area contributed by atoms with Gasteiger partial charge in [-0.15, -0.1) is 0 Å². The van der Waals surface area contributed by atoms with E-state index in [2.05, 4.69) is 25.2 Å². The van der Waals surface area contributed by atoms with Crippen LogP contribution < -0.4 is 10.2 Å². The summed E-state index contributed by atoms with van der Waals surface area (Å²) < 4.78 is 0. The molecule has 0 radical (unpaired) electrons. The lowest BCUT2D eigenvalue weighted by atomic mass is 10.2. The molecule has 3 rings (SSSR count). The number of nitrogens with one attached hydrogen (secondary N) is 1. The van der Waals surface area contributed by atoms with Crippen LogP contribution in [0.4, 0.5) is 5.95 Å². The summed E-state index contributed by atoms with van der Waals surface area (Å²) >= 11 is 0. The molecule has 2 aliphatic rings. The third-order valence-corrected chi connectivity index (χ3v) is 3.24. The summed E-state index contributed by atoms with van der Waals surface area (Å²) in [5, 5.41) is 11.5. The van der Waals surface area contributed by atoms with Crippen molar-refractivity contribution in [3.63, 3.8) is 0 Å². The molecular formula is C12H15N5O2. The van der Waals surface area contributed by atoms with Gasteiger partial charge in [0, 0.05) is 25.7 Å². The standard InChI is InChI=1S/C12H15N5O2/c18-10-9(15-12(19)16-10)7-8-3-4-13-11(14-8)17-5-1-2-6-17/h3-4,12,19H,1-2,5-7H2,(H,16,18). The second-order valence-electron chi connectivity index (χ2n) is 4.64. The Hall–Kier alpha value is -2.02. The highest BCUT2D eigenvalue weighted by molar-refractivity contribution is 6.40. The molecular weight excluding hydrogens is 246 g/mol. The number of carbonyl (C=O) groups is 1. The molecule has 7 heteroatoms. The van der Waals surface area contributed by atoms with Crippen molar-refractivity contribution in [1.29, 1.82) is 0 Å². The molecule has 2 N–H and O–H groups in total. The first kappa shape index (κ1) is 12.0. The molecule has 1 saturated heterocycles. The summed E-state index contributed by atoms with van der Waals surface area (Å²) in [6.07, 6.45) is 3.21. The summed E-state index contributed by atoms with van der Waals surface area (Å²) in [5.41, 5.74) is 1.04. The van der Waals surface area contributed by atoms with Crippen LogP contribution in [-0.2, 0) is 11.2 Å². The van der Waals surface area contributed by atoms with Crippen LogP contribution in [0.5, 0.6) is 0 Å². The van der Waals surface area contributed by atoms with E-state index >= 15 is 0 Å². The molecule has 0 saturated carbocycles. The van der Waals surface area contributed by atoms with E-state index in [1.807, 2.05) is 0 Å². The van der Waals surface area contributed by atoms with Gasteiger partial charge in [-0.1, -0.05) is 0 Å². The maximum absolute atomic E-state index is 11.5. The molecule has 3 heterocycles. The summed E-state index contributed by atoms with van der Waals surface area (Å²) in [4.78, 5) is 26.1. The maximum Gasteiger partial charge on any atom is 0.269 e. The molecule has 1 aromatic rings. The minimum absolute atomic E-state index is 0.304. The number of hydrogen-bond donors (Lipinski definition) is 2. The third-order valence-electron chi connectivity index (χ3n) is 3.24. The second kappa shape index (κ2) is 4.93. The Morgan fingerprint density at radius 3 is 2.89 bits per heavy atom. The Bertz CT molecular complexity index is 525. The Kier molecular flexibility index (Phi) is 3.12. The van der Waals surface area contributed by atoms with Crippen LogP contribution in [0.2, 0.25) is 0 Å². The number of anilines is 1. The van der Waals surface area contributed by atoms with E-state index in [0.717, 1.165) is 31.6 Å². The largest absolute Gasteiger partial charge is 0.355 e. The topological polar surface area (TPSA) is 90.7 Å². The van der Waals surface area contributed by atoms with Crippen molar-refractivity contribution in [2.75, 3.05) is 18.0 Å². The summed E-state index contributed by atoms with van der Waals surface area (Å²) in [6.45, 7) is 1.95. The molecule has 1 fully saturated rings. The van der Waals surface area contributed by atoms with Crippen LogP contribution in [-0.4, -0.2) is 46.1 Å². The first-order valence-corrected chi connectivity index (χ1v) is 6.35. The highest BCUT2D eigenvalue weighted by atomic mass is 16.3. The number of aliphatic hydroxyl groups is 1. The number of aromatic nitrogens is 2. The number of rotatable bonds is 3. The highest BCUT2D eigenvalue weighted by Gasteiger charge is 2.23. The minimum atomic E-state index is -1.12. The van der Waals surface area contributed by atoms with Crippen molar-refractivity contribution < 1.29 is 9.90 Å². The zero-order chi connectivity index (χ0) is 13.2. The van der Waals surface area contributed by atoms with Gasteiger partial charge >= 0.3 is 0 Å². The van der Waals surface area contributed by atoms with Crippen molar-refractivity contribution >= 4 is 17.6 Å². The lowest BCUT2D eigenvalue weighted by Crippen LogP contribution is -2.29. The fourth-order valence-corrected chi connectivity index (χ4v) is 2.29. The van der Waals surface area contributed by atoms with Crippen LogP contribution in [0.3, 0.4) is 0 Å². The van der Waals surface area contributed by atoms with E-state index in [9.17, 15) is 9.90 Å². The minimum Gasteiger partial charge on any atom is -0.355 e. The van der Waals surface area contributed by atoms with Crippen LogP contribution in [0, 0.1) is 0 Å². The lowest BCUT2D eigenvalue weighted by molar-refractivity contribution is -0.116. The first-order valence-electron chi connectivity index (χ1n) is 6.35. The predicted molar refractivity (Wildman–Crippen MR) is 68.8 cm³/mol. The molecule has 1 unspecified atom stereocenters. The summed E-state index contributed by atoms with van der Waals surface area (Å²) in [7, 11) is 0. The fourth-order valence-electron chi connectivity index (χ4n) is 2.29. The van der Waals surface area contributed by atoms with Gasteiger partial charge in [0.25, 0.3) is 5.91 Å². The number of nitrogens with zero attached hydrogens (tertiary/aromatic N) is 4.